The fraction of sp³-hybridized carbons (Fsp3) is 0.0164. The van der Waals surface area contributed by atoms with E-state index in [0.717, 1.165) is 32.9 Å². The fourth-order valence-corrected chi connectivity index (χ4v) is 20.2. The van der Waals surface area contributed by atoms with Gasteiger partial charge in [0.15, 0.2) is 0 Å². The molecule has 0 saturated heterocycles. The van der Waals surface area contributed by atoms with Crippen LogP contribution < -0.4 is 10.2 Å². The average molecular weight is 1690 g/mol. The lowest BCUT2D eigenvalue weighted by Gasteiger charge is -2.34. The maximum Gasteiger partial charge on any atom is 0.0713 e. The van der Waals surface area contributed by atoms with Crippen molar-refractivity contribution in [2.24, 2.45) is 0 Å². The first-order valence-electron chi connectivity index (χ1n) is 43.5. The number of nitrogens with zero attached hydrogens (tertiary/aromatic N) is 3. The van der Waals surface area contributed by atoms with Crippen LogP contribution in [0.15, 0.2) is 514 Å². The number of hydrogen-bond donors (Lipinski definition) is 1. The van der Waals surface area contributed by atoms with E-state index in [-0.39, 0.29) is 5.41 Å². The number of fused-ring (bicyclic) bond motifs is 12. The first kappa shape index (κ1) is 77.2. The molecule has 600 valence electrons. The lowest BCUT2D eigenvalue weighted by molar-refractivity contribution is 0.768. The second-order valence-electron chi connectivity index (χ2n) is 32.7. The zero-order valence-electron chi connectivity index (χ0n) is 69.7. The van der Waals surface area contributed by atoms with Gasteiger partial charge in [0.2, 0.25) is 0 Å². The van der Waals surface area contributed by atoms with E-state index in [1.165, 1.54) is 166 Å². The average Bonchev–Trinajstić information content (AvgIpc) is 1.54. The Kier molecular flexibility index (Phi) is 20.3. The van der Waals surface area contributed by atoms with Crippen LogP contribution in [0.25, 0.3) is 122 Å². The Labute approximate surface area is 749 Å². The number of aromatic nitrogens is 2. The van der Waals surface area contributed by atoms with Crippen LogP contribution in [-0.2, 0) is 10.8 Å². The molecule has 0 spiro atoms. The third-order valence-corrected chi connectivity index (χ3v) is 26.2. The fourth-order valence-electron chi connectivity index (χ4n) is 20.0. The smallest absolute Gasteiger partial charge is 0.0713 e. The van der Waals surface area contributed by atoms with Crippen molar-refractivity contribution in [2.45, 2.75) is 10.8 Å². The molecule has 2 aliphatic rings. The molecule has 0 bridgehead atoms. The third-order valence-electron chi connectivity index (χ3n) is 25.7. The van der Waals surface area contributed by atoms with Gasteiger partial charge in [-0.05, 0) is 245 Å². The summed E-state index contributed by atoms with van der Waals surface area (Å²) in [4.78, 5) is 2.38. The molecule has 0 aliphatic heterocycles. The number of hydrogen-bond acceptors (Lipinski definition) is 2. The SMILES string of the molecule is Brc1ccc(C2(c3ccccc3)c3ccccc3-c3ccccc32)cc1.c1ccc(-c2ccc(N(c3ccc(-c4ccc5c(c4)c4ccccc4n5-c4ccccc4)cc3)c3ccc(C4(c5ccccc5)c5ccccc5-c5ccccc54)cc3)cc2)cc1.c1ccc(-c2ccc(Nc3ccc(-c4ccc5c(c4)c4ccccc4n5-c4ccccc4)cc3)cc2)cc1. The summed E-state index contributed by atoms with van der Waals surface area (Å²) in [5, 5.41) is 8.57. The van der Waals surface area contributed by atoms with Crippen LogP contribution in [0, 0.1) is 0 Å². The van der Waals surface area contributed by atoms with Crippen LogP contribution in [0.2, 0.25) is 0 Å². The van der Waals surface area contributed by atoms with Gasteiger partial charge in [0.25, 0.3) is 0 Å². The molecule has 5 heteroatoms. The molecule has 4 nitrogen and oxygen atoms in total. The first-order chi connectivity index (χ1) is 62.9. The highest BCUT2D eigenvalue weighted by atomic mass is 79.9. The highest BCUT2D eigenvalue weighted by Gasteiger charge is 2.47. The number of nitrogens with one attached hydrogen (secondary N) is 1. The number of para-hydroxylation sites is 4. The van der Waals surface area contributed by atoms with Gasteiger partial charge in [-0.1, -0.05) is 392 Å². The van der Waals surface area contributed by atoms with E-state index in [1.807, 2.05) is 6.07 Å². The molecular weight excluding hydrogens is 1600 g/mol. The van der Waals surface area contributed by atoms with E-state index < -0.39 is 5.41 Å². The van der Waals surface area contributed by atoms with Gasteiger partial charge in [0, 0.05) is 65.8 Å². The predicted molar refractivity (Wildman–Crippen MR) is 536 cm³/mol. The van der Waals surface area contributed by atoms with E-state index in [4.69, 9.17) is 0 Å². The summed E-state index contributed by atoms with van der Waals surface area (Å²) in [6.07, 6.45) is 0. The Hall–Kier alpha value is -15.9. The van der Waals surface area contributed by atoms with E-state index in [9.17, 15) is 0 Å². The van der Waals surface area contributed by atoms with Gasteiger partial charge in [-0.25, -0.2) is 0 Å². The Bertz CT molecular complexity index is 7620. The maximum atomic E-state index is 3.59. The van der Waals surface area contributed by atoms with Crippen molar-refractivity contribution in [3.05, 3.63) is 559 Å². The van der Waals surface area contributed by atoms with Crippen LogP contribution in [0.1, 0.15) is 44.5 Å². The van der Waals surface area contributed by atoms with Gasteiger partial charge >= 0.3 is 0 Å². The minimum Gasteiger partial charge on any atom is -0.356 e. The van der Waals surface area contributed by atoms with E-state index in [0.29, 0.717) is 0 Å². The van der Waals surface area contributed by atoms with Crippen LogP contribution in [0.4, 0.5) is 28.4 Å². The summed E-state index contributed by atoms with van der Waals surface area (Å²) in [7, 11) is 0. The Morgan fingerprint density at radius 3 is 0.811 bits per heavy atom. The zero-order valence-corrected chi connectivity index (χ0v) is 71.3. The highest BCUT2D eigenvalue weighted by Crippen LogP contribution is 2.58. The molecule has 2 heterocycles. The molecule has 127 heavy (non-hydrogen) atoms. The number of rotatable bonds is 15. The van der Waals surface area contributed by atoms with E-state index >= 15 is 0 Å². The van der Waals surface area contributed by atoms with Crippen molar-refractivity contribution in [3.8, 4) is 78.1 Å². The van der Waals surface area contributed by atoms with Gasteiger partial charge < -0.3 is 19.4 Å². The third kappa shape index (κ3) is 13.9. The number of anilines is 5. The molecule has 2 aromatic heterocycles. The molecule has 0 unspecified atom stereocenters. The van der Waals surface area contributed by atoms with Crippen LogP contribution in [0.5, 0.6) is 0 Å². The monoisotopic (exact) mass is 1680 g/mol. The van der Waals surface area contributed by atoms with Crippen molar-refractivity contribution < 1.29 is 0 Å². The topological polar surface area (TPSA) is 25.1 Å². The molecule has 20 aromatic carbocycles. The number of benzene rings is 20. The summed E-state index contributed by atoms with van der Waals surface area (Å²) in [5.74, 6) is 0. The molecular formula is C122H85BrN4. The quantitative estimate of drug-likeness (QED) is 0.111. The van der Waals surface area contributed by atoms with E-state index in [1.54, 1.807) is 0 Å². The minimum atomic E-state index is -0.453. The first-order valence-corrected chi connectivity index (χ1v) is 44.3. The number of halogens is 1. The van der Waals surface area contributed by atoms with Crippen molar-refractivity contribution in [1.82, 2.24) is 9.13 Å². The lowest BCUT2D eigenvalue weighted by atomic mass is 9.68. The molecule has 0 fully saturated rings. The normalized spacial score (nSPS) is 12.4. The van der Waals surface area contributed by atoms with Crippen molar-refractivity contribution >= 4 is 88.0 Å². The summed E-state index contributed by atoms with van der Waals surface area (Å²) in [6.45, 7) is 0. The molecule has 0 amide bonds. The molecule has 0 saturated carbocycles. The molecule has 2 aliphatic carbocycles. The van der Waals surface area contributed by atoms with E-state index in [2.05, 4.69) is 539 Å². The molecule has 24 rings (SSSR count). The predicted octanol–water partition coefficient (Wildman–Crippen LogP) is 32.6. The summed E-state index contributed by atoms with van der Waals surface area (Å²) in [5.41, 5.74) is 37.2. The largest absolute Gasteiger partial charge is 0.356 e. The van der Waals surface area contributed by atoms with Crippen molar-refractivity contribution in [1.29, 1.82) is 0 Å². The highest BCUT2D eigenvalue weighted by molar-refractivity contribution is 9.10. The maximum absolute atomic E-state index is 3.59. The summed E-state index contributed by atoms with van der Waals surface area (Å²) < 4.78 is 5.82. The standard InChI is InChI=1S/C61H42N2.C36H26N2.C25H17Br/c1-4-16-43(17-5-1)44-28-35-50(36-29-44)62(51-37-30-45(31-38-51)46-32-41-60-56(42-46)55-24-12-15-27-59(55)63(60)49-20-8-3-9-21-49)52-39-33-48(34-40-52)61(47-18-6-2-7-19-47)57-25-13-10-22-53(57)54-23-11-14-26-58(54)61;1-3-9-26(10-4-1)27-15-20-30(21-16-27)37-31-22-17-28(18-23-31)29-19-24-36-34(25-29)33-13-7-8-14-35(33)38(36)32-11-5-2-6-12-32;26-20-16-14-19(15-17-20)25(18-8-2-1-3-9-18)23-12-6-4-10-21(23)22-11-5-7-13-24(22)25/h1-42H;1-25,37H;1-17H. The van der Waals surface area contributed by atoms with Crippen LogP contribution >= 0.6 is 15.9 Å². The Morgan fingerprint density at radius 1 is 0.197 bits per heavy atom. The summed E-state index contributed by atoms with van der Waals surface area (Å²) >= 11 is 3.59. The lowest BCUT2D eigenvalue weighted by Crippen LogP contribution is -2.28. The van der Waals surface area contributed by atoms with Gasteiger partial charge in [-0.15, -0.1) is 0 Å². The van der Waals surface area contributed by atoms with Gasteiger partial charge in [0.05, 0.1) is 32.9 Å². The van der Waals surface area contributed by atoms with Gasteiger partial charge in [-0.3, -0.25) is 0 Å². The Morgan fingerprint density at radius 2 is 0.449 bits per heavy atom. The second-order valence-corrected chi connectivity index (χ2v) is 33.7. The zero-order chi connectivity index (χ0) is 84.6. The van der Waals surface area contributed by atoms with Crippen molar-refractivity contribution in [2.75, 3.05) is 10.2 Å². The molecule has 22 aromatic rings. The Balaban J connectivity index is 0.000000125. The molecule has 0 radical (unpaired) electrons. The van der Waals surface area contributed by atoms with Gasteiger partial charge in [0.1, 0.15) is 0 Å². The molecule has 0 atom stereocenters. The minimum absolute atomic E-state index is 0.283. The van der Waals surface area contributed by atoms with Gasteiger partial charge in [-0.2, -0.15) is 0 Å². The van der Waals surface area contributed by atoms with Crippen molar-refractivity contribution in [3.63, 3.8) is 0 Å². The van der Waals surface area contributed by atoms with Crippen LogP contribution in [0.3, 0.4) is 0 Å². The second kappa shape index (κ2) is 33.4. The molecule has 1 N–H and O–H groups in total. The summed E-state index contributed by atoms with van der Waals surface area (Å²) in [6, 6.07) is 184. The van der Waals surface area contributed by atoms with Crippen LogP contribution in [-0.4, -0.2) is 9.13 Å².